The fourth-order valence-corrected chi connectivity index (χ4v) is 4.92. The second-order valence-electron chi connectivity index (χ2n) is 8.86. The van der Waals surface area contributed by atoms with Crippen LogP contribution in [0.15, 0.2) is 35.1 Å². The highest BCUT2D eigenvalue weighted by atomic mass is 16.2. The predicted octanol–water partition coefficient (Wildman–Crippen LogP) is 2.44. The van der Waals surface area contributed by atoms with E-state index < -0.39 is 0 Å². The molecular formula is C23H31N5O2. The van der Waals surface area contributed by atoms with E-state index in [1.807, 2.05) is 40.4 Å². The number of piperidine rings is 1. The number of hydrogen-bond acceptors (Lipinski definition) is 4. The average Bonchev–Trinajstić information content (AvgIpc) is 2.99. The molecule has 1 aromatic carbocycles. The van der Waals surface area contributed by atoms with E-state index >= 15 is 0 Å². The van der Waals surface area contributed by atoms with Gasteiger partial charge >= 0.3 is 0 Å². The summed E-state index contributed by atoms with van der Waals surface area (Å²) in [7, 11) is 0. The lowest BCUT2D eigenvalue weighted by Crippen LogP contribution is -2.40. The van der Waals surface area contributed by atoms with Gasteiger partial charge in [-0.1, -0.05) is 26.0 Å². The Labute approximate surface area is 176 Å². The minimum Gasteiger partial charge on any atom is -0.354 e. The summed E-state index contributed by atoms with van der Waals surface area (Å²) >= 11 is 0. The topological polar surface area (TPSA) is 71.6 Å². The van der Waals surface area contributed by atoms with Crippen LogP contribution in [0.3, 0.4) is 0 Å². The average molecular weight is 410 g/mol. The Morgan fingerprint density at radius 2 is 1.93 bits per heavy atom. The molecule has 0 spiro atoms. The molecular weight excluding hydrogens is 378 g/mol. The van der Waals surface area contributed by atoms with Crippen LogP contribution in [0.1, 0.15) is 32.4 Å². The van der Waals surface area contributed by atoms with E-state index in [0.29, 0.717) is 12.2 Å². The van der Waals surface area contributed by atoms with Crippen LogP contribution in [0, 0.1) is 18.8 Å². The molecule has 1 aliphatic rings. The summed E-state index contributed by atoms with van der Waals surface area (Å²) in [4.78, 5) is 31.3. The third-order valence-electron chi connectivity index (χ3n) is 5.96. The summed E-state index contributed by atoms with van der Waals surface area (Å²) in [6.45, 7) is 10.7. The van der Waals surface area contributed by atoms with Crippen molar-refractivity contribution in [2.45, 2.75) is 40.2 Å². The van der Waals surface area contributed by atoms with Gasteiger partial charge < -0.3 is 10.2 Å². The molecule has 0 saturated carbocycles. The Kier molecular flexibility index (Phi) is 5.90. The van der Waals surface area contributed by atoms with E-state index in [0.717, 1.165) is 54.5 Å². The highest BCUT2D eigenvalue weighted by Crippen LogP contribution is 2.22. The van der Waals surface area contributed by atoms with E-state index in [9.17, 15) is 9.59 Å². The number of amides is 1. The Bertz CT molecular complexity index is 1110. The first-order chi connectivity index (χ1) is 14.4. The van der Waals surface area contributed by atoms with Crippen molar-refractivity contribution in [3.05, 3.63) is 46.4 Å². The van der Waals surface area contributed by atoms with Crippen LogP contribution < -0.4 is 10.9 Å². The van der Waals surface area contributed by atoms with Crippen LogP contribution in [0.4, 0.5) is 0 Å². The van der Waals surface area contributed by atoms with Gasteiger partial charge in [0.1, 0.15) is 6.54 Å². The van der Waals surface area contributed by atoms with Crippen LogP contribution in [-0.2, 0) is 11.3 Å². The van der Waals surface area contributed by atoms with E-state index in [1.54, 1.807) is 0 Å². The van der Waals surface area contributed by atoms with Gasteiger partial charge in [-0.2, -0.15) is 4.98 Å². The monoisotopic (exact) mass is 409 g/mol. The van der Waals surface area contributed by atoms with Crippen molar-refractivity contribution in [1.29, 1.82) is 0 Å². The van der Waals surface area contributed by atoms with Gasteiger partial charge in [0.2, 0.25) is 5.91 Å². The van der Waals surface area contributed by atoms with Gasteiger partial charge in [-0.15, -0.1) is 0 Å². The highest BCUT2D eigenvalue weighted by molar-refractivity contribution is 5.93. The van der Waals surface area contributed by atoms with Crippen molar-refractivity contribution in [2.24, 2.45) is 11.8 Å². The number of nitrogens with zero attached hydrogens (tertiary/aromatic N) is 4. The lowest BCUT2D eigenvalue weighted by Gasteiger charge is -2.34. The third kappa shape index (κ3) is 4.26. The first kappa shape index (κ1) is 20.6. The zero-order valence-corrected chi connectivity index (χ0v) is 18.1. The number of likely N-dealkylation sites (tertiary alicyclic amines) is 1. The molecule has 3 heterocycles. The van der Waals surface area contributed by atoms with E-state index in [1.165, 1.54) is 12.5 Å². The molecule has 7 heteroatoms. The van der Waals surface area contributed by atoms with Crippen LogP contribution in [0.2, 0.25) is 0 Å². The summed E-state index contributed by atoms with van der Waals surface area (Å²) in [6.07, 6.45) is 2.26. The summed E-state index contributed by atoms with van der Waals surface area (Å²) < 4.78 is 3.76. The fraction of sp³-hybridized carbons (Fsp3) is 0.522. The summed E-state index contributed by atoms with van der Waals surface area (Å²) in [6, 6.07) is 9.25. The SMILES string of the molecule is Cc1cc(=O)nc2c3ccccc3n(CC(=O)NCCCN3CC(C)CC(C)C3)n12. The molecule has 2 unspecified atom stereocenters. The zero-order chi connectivity index (χ0) is 21.3. The fourth-order valence-electron chi connectivity index (χ4n) is 4.92. The quantitative estimate of drug-likeness (QED) is 0.635. The minimum atomic E-state index is -0.263. The Morgan fingerprint density at radius 3 is 2.70 bits per heavy atom. The molecule has 1 aliphatic heterocycles. The Balaban J connectivity index is 1.42. The van der Waals surface area contributed by atoms with Gasteiger partial charge in [0.15, 0.2) is 5.65 Å². The van der Waals surface area contributed by atoms with Gasteiger partial charge in [0, 0.05) is 36.8 Å². The maximum atomic E-state index is 12.7. The number of benzene rings is 1. The summed E-state index contributed by atoms with van der Waals surface area (Å²) in [5.41, 5.74) is 1.99. The largest absolute Gasteiger partial charge is 0.354 e. The Hall–Kier alpha value is -2.67. The van der Waals surface area contributed by atoms with Crippen molar-refractivity contribution in [2.75, 3.05) is 26.2 Å². The summed E-state index contributed by atoms with van der Waals surface area (Å²) in [5.74, 6) is 1.47. The van der Waals surface area contributed by atoms with Gasteiger partial charge in [-0.05, 0) is 50.3 Å². The van der Waals surface area contributed by atoms with Gasteiger partial charge in [-0.3, -0.25) is 14.3 Å². The lowest BCUT2D eigenvalue weighted by atomic mass is 9.92. The molecule has 0 bridgehead atoms. The molecule has 160 valence electrons. The molecule has 7 nitrogen and oxygen atoms in total. The second-order valence-corrected chi connectivity index (χ2v) is 8.86. The zero-order valence-electron chi connectivity index (χ0n) is 18.1. The molecule has 3 aromatic rings. The molecule has 4 rings (SSSR count). The number of aromatic nitrogens is 3. The van der Waals surface area contributed by atoms with Crippen molar-refractivity contribution >= 4 is 22.5 Å². The maximum Gasteiger partial charge on any atom is 0.273 e. The summed E-state index contributed by atoms with van der Waals surface area (Å²) in [5, 5.41) is 3.94. The van der Waals surface area contributed by atoms with E-state index in [2.05, 4.69) is 29.0 Å². The minimum absolute atomic E-state index is 0.0314. The van der Waals surface area contributed by atoms with Crippen molar-refractivity contribution < 1.29 is 4.79 Å². The molecule has 30 heavy (non-hydrogen) atoms. The molecule has 0 aliphatic carbocycles. The highest BCUT2D eigenvalue weighted by Gasteiger charge is 2.21. The number of para-hydroxylation sites is 1. The van der Waals surface area contributed by atoms with Gasteiger partial charge in [-0.25, -0.2) is 4.52 Å². The van der Waals surface area contributed by atoms with Crippen molar-refractivity contribution in [1.82, 2.24) is 24.4 Å². The van der Waals surface area contributed by atoms with E-state index in [4.69, 9.17) is 0 Å². The smallest absolute Gasteiger partial charge is 0.273 e. The normalized spacial score (nSPS) is 20.1. The first-order valence-electron chi connectivity index (χ1n) is 10.9. The lowest BCUT2D eigenvalue weighted by molar-refractivity contribution is -0.121. The molecule has 2 atom stereocenters. The molecule has 1 fully saturated rings. The van der Waals surface area contributed by atoms with Crippen molar-refractivity contribution in [3.8, 4) is 0 Å². The molecule has 1 N–H and O–H groups in total. The van der Waals surface area contributed by atoms with Gasteiger partial charge in [0.25, 0.3) is 5.56 Å². The van der Waals surface area contributed by atoms with E-state index in [-0.39, 0.29) is 18.0 Å². The maximum absolute atomic E-state index is 12.7. The number of hydrogen-bond donors (Lipinski definition) is 1. The van der Waals surface area contributed by atoms with Crippen LogP contribution in [0.5, 0.6) is 0 Å². The number of fused-ring (bicyclic) bond motifs is 3. The van der Waals surface area contributed by atoms with Crippen LogP contribution in [-0.4, -0.2) is 51.2 Å². The number of carbonyl (C=O) groups is 1. The van der Waals surface area contributed by atoms with Crippen molar-refractivity contribution in [3.63, 3.8) is 0 Å². The van der Waals surface area contributed by atoms with Gasteiger partial charge in [0.05, 0.1) is 5.52 Å². The second kappa shape index (κ2) is 8.60. The van der Waals surface area contributed by atoms with Crippen LogP contribution >= 0.6 is 0 Å². The molecule has 1 saturated heterocycles. The number of rotatable bonds is 6. The molecule has 1 amide bonds. The first-order valence-corrected chi connectivity index (χ1v) is 10.9. The number of nitrogens with one attached hydrogen (secondary N) is 1. The number of carbonyl (C=O) groups excluding carboxylic acids is 1. The third-order valence-corrected chi connectivity index (χ3v) is 5.96. The number of aryl methyl sites for hydroxylation is 1. The van der Waals surface area contributed by atoms with Crippen LogP contribution in [0.25, 0.3) is 16.6 Å². The Morgan fingerprint density at radius 1 is 1.20 bits per heavy atom. The molecule has 2 aromatic heterocycles. The standard InChI is InChI=1S/C23H31N5O2/c1-16-11-17(2)14-26(13-16)10-6-9-24-22(30)15-27-20-8-5-4-7-19(20)23-25-21(29)12-18(3)28(23)27/h4-5,7-8,12,16-17H,6,9-11,13-15H2,1-3H3,(H,24,30). The predicted molar refractivity (Wildman–Crippen MR) is 119 cm³/mol. The molecule has 0 radical (unpaired) electrons.